The SMILES string of the molecule is O=C(CCNS(=O)(=O)/C=C/c1ccccc1)N1CCN(Cc2cccs2)CC1. The van der Waals surface area contributed by atoms with Crippen LogP contribution in [0.1, 0.15) is 16.9 Å². The summed E-state index contributed by atoms with van der Waals surface area (Å²) in [7, 11) is -3.55. The molecular formula is C20H25N3O3S2. The molecule has 2 aromatic rings. The number of rotatable bonds is 8. The maximum atomic E-state index is 12.3. The van der Waals surface area contributed by atoms with Gasteiger partial charge in [-0.3, -0.25) is 9.69 Å². The first-order valence-corrected chi connectivity index (χ1v) is 11.7. The highest BCUT2D eigenvalue weighted by Gasteiger charge is 2.21. The van der Waals surface area contributed by atoms with Crippen molar-refractivity contribution in [1.82, 2.24) is 14.5 Å². The first kappa shape index (κ1) is 20.7. The molecule has 0 aliphatic carbocycles. The Balaban J connectivity index is 1.38. The summed E-state index contributed by atoms with van der Waals surface area (Å²) in [6.07, 6.45) is 1.71. The van der Waals surface area contributed by atoms with Gasteiger partial charge in [-0.05, 0) is 23.1 Å². The van der Waals surface area contributed by atoms with Gasteiger partial charge in [0, 0.05) is 56.0 Å². The number of sulfonamides is 1. The van der Waals surface area contributed by atoms with E-state index in [0.29, 0.717) is 13.1 Å². The van der Waals surface area contributed by atoms with Crippen LogP contribution in [-0.4, -0.2) is 56.8 Å². The van der Waals surface area contributed by atoms with E-state index in [-0.39, 0.29) is 18.9 Å². The molecule has 1 N–H and O–H groups in total. The topological polar surface area (TPSA) is 69.7 Å². The fourth-order valence-electron chi connectivity index (χ4n) is 3.02. The summed E-state index contributed by atoms with van der Waals surface area (Å²) in [5.74, 6) is -0.00878. The molecule has 0 spiro atoms. The van der Waals surface area contributed by atoms with Crippen LogP contribution in [0.2, 0.25) is 0 Å². The Labute approximate surface area is 170 Å². The Kier molecular flexibility index (Phi) is 7.38. The number of benzene rings is 1. The number of amides is 1. The summed E-state index contributed by atoms with van der Waals surface area (Å²) in [4.78, 5) is 17.8. The van der Waals surface area contributed by atoms with Crippen molar-refractivity contribution < 1.29 is 13.2 Å². The number of nitrogens with zero attached hydrogens (tertiary/aromatic N) is 2. The number of thiophene rings is 1. The van der Waals surface area contributed by atoms with Crippen molar-refractivity contribution in [1.29, 1.82) is 0 Å². The molecule has 1 saturated heterocycles. The Morgan fingerprint density at radius 3 is 2.50 bits per heavy atom. The van der Waals surface area contributed by atoms with Crippen molar-refractivity contribution in [3.05, 3.63) is 63.7 Å². The number of hydrogen-bond acceptors (Lipinski definition) is 5. The summed E-state index contributed by atoms with van der Waals surface area (Å²) >= 11 is 1.75. The zero-order valence-electron chi connectivity index (χ0n) is 15.7. The third kappa shape index (κ3) is 6.56. The lowest BCUT2D eigenvalue weighted by Crippen LogP contribution is -2.48. The van der Waals surface area contributed by atoms with Gasteiger partial charge < -0.3 is 4.90 Å². The number of hydrogen-bond donors (Lipinski definition) is 1. The van der Waals surface area contributed by atoms with Gasteiger partial charge in [-0.15, -0.1) is 11.3 Å². The molecule has 28 heavy (non-hydrogen) atoms. The van der Waals surface area contributed by atoms with Gasteiger partial charge in [-0.1, -0.05) is 36.4 Å². The molecule has 150 valence electrons. The highest BCUT2D eigenvalue weighted by atomic mass is 32.2. The third-order valence-electron chi connectivity index (χ3n) is 4.57. The van der Waals surface area contributed by atoms with Crippen LogP contribution >= 0.6 is 11.3 Å². The molecule has 0 atom stereocenters. The van der Waals surface area contributed by atoms with Crippen molar-refractivity contribution in [2.24, 2.45) is 0 Å². The summed E-state index contributed by atoms with van der Waals surface area (Å²) in [6.45, 7) is 4.09. The van der Waals surface area contributed by atoms with Crippen LogP contribution in [0.3, 0.4) is 0 Å². The molecule has 0 bridgehead atoms. The molecule has 1 aromatic carbocycles. The molecule has 1 aromatic heterocycles. The lowest BCUT2D eigenvalue weighted by molar-refractivity contribution is -0.132. The zero-order valence-corrected chi connectivity index (χ0v) is 17.3. The van der Waals surface area contributed by atoms with Crippen LogP contribution in [0.15, 0.2) is 53.3 Å². The Bertz CT molecular complexity index is 873. The van der Waals surface area contributed by atoms with E-state index in [9.17, 15) is 13.2 Å². The quantitative estimate of drug-likeness (QED) is 0.713. The number of carbonyl (C=O) groups excluding carboxylic acids is 1. The standard InChI is InChI=1S/C20H25N3O3S2/c24-20(23-13-11-22(12-14-23)17-19-7-4-15-27-19)8-10-21-28(25,26)16-9-18-5-2-1-3-6-18/h1-7,9,15-16,21H,8,10-14,17H2/b16-9+. The summed E-state index contributed by atoms with van der Waals surface area (Å²) in [6, 6.07) is 13.4. The Morgan fingerprint density at radius 2 is 1.82 bits per heavy atom. The molecule has 1 amide bonds. The first-order valence-electron chi connectivity index (χ1n) is 9.27. The Hall–Kier alpha value is -2.00. The molecule has 0 unspecified atom stereocenters. The monoisotopic (exact) mass is 419 g/mol. The van der Waals surface area contributed by atoms with E-state index >= 15 is 0 Å². The number of nitrogens with one attached hydrogen (secondary N) is 1. The van der Waals surface area contributed by atoms with Crippen LogP contribution in [0.25, 0.3) is 6.08 Å². The van der Waals surface area contributed by atoms with Gasteiger partial charge >= 0.3 is 0 Å². The van der Waals surface area contributed by atoms with Gasteiger partial charge in [0.1, 0.15) is 0 Å². The van der Waals surface area contributed by atoms with Crippen LogP contribution < -0.4 is 4.72 Å². The van der Waals surface area contributed by atoms with Gasteiger partial charge in [0.15, 0.2) is 0 Å². The fourth-order valence-corrected chi connectivity index (χ4v) is 4.58. The predicted octanol–water partition coefficient (Wildman–Crippen LogP) is 2.37. The van der Waals surface area contributed by atoms with Crippen LogP contribution in [0.4, 0.5) is 0 Å². The van der Waals surface area contributed by atoms with E-state index in [1.165, 1.54) is 11.0 Å². The number of carbonyl (C=O) groups is 1. The van der Waals surface area contributed by atoms with Gasteiger partial charge in [0.25, 0.3) is 0 Å². The molecule has 0 radical (unpaired) electrons. The summed E-state index contributed by atoms with van der Waals surface area (Å²) in [5, 5.41) is 3.21. The molecule has 3 rings (SSSR count). The second-order valence-electron chi connectivity index (χ2n) is 6.64. The lowest BCUT2D eigenvalue weighted by atomic mass is 10.2. The summed E-state index contributed by atoms with van der Waals surface area (Å²) < 4.78 is 26.5. The molecule has 2 heterocycles. The largest absolute Gasteiger partial charge is 0.340 e. The van der Waals surface area contributed by atoms with E-state index < -0.39 is 10.0 Å². The van der Waals surface area contributed by atoms with Crippen LogP contribution in [0.5, 0.6) is 0 Å². The molecule has 1 fully saturated rings. The van der Waals surface area contributed by atoms with E-state index in [2.05, 4.69) is 27.1 Å². The van der Waals surface area contributed by atoms with Crippen molar-refractivity contribution in [2.45, 2.75) is 13.0 Å². The molecular weight excluding hydrogens is 394 g/mol. The molecule has 1 aliphatic heterocycles. The van der Waals surface area contributed by atoms with Crippen molar-refractivity contribution in [3.63, 3.8) is 0 Å². The van der Waals surface area contributed by atoms with Gasteiger partial charge in [-0.2, -0.15) is 0 Å². The fraction of sp³-hybridized carbons (Fsp3) is 0.350. The average Bonchev–Trinajstić information content (AvgIpc) is 3.21. The molecule has 8 heteroatoms. The van der Waals surface area contributed by atoms with E-state index in [1.807, 2.05) is 35.2 Å². The zero-order chi connectivity index (χ0) is 19.8. The third-order valence-corrected chi connectivity index (χ3v) is 6.53. The minimum absolute atomic E-state index is 0.00878. The molecule has 6 nitrogen and oxygen atoms in total. The van der Waals surface area contributed by atoms with Crippen molar-refractivity contribution in [2.75, 3.05) is 32.7 Å². The van der Waals surface area contributed by atoms with Crippen LogP contribution in [-0.2, 0) is 21.4 Å². The predicted molar refractivity (Wildman–Crippen MR) is 113 cm³/mol. The van der Waals surface area contributed by atoms with Crippen molar-refractivity contribution >= 4 is 33.3 Å². The minimum Gasteiger partial charge on any atom is -0.340 e. The average molecular weight is 420 g/mol. The first-order chi connectivity index (χ1) is 13.5. The Morgan fingerprint density at radius 1 is 1.07 bits per heavy atom. The van der Waals surface area contributed by atoms with Gasteiger partial charge in [0.2, 0.25) is 15.9 Å². The highest BCUT2D eigenvalue weighted by Crippen LogP contribution is 2.14. The molecule has 0 saturated carbocycles. The second-order valence-corrected chi connectivity index (χ2v) is 9.32. The minimum atomic E-state index is -3.55. The maximum Gasteiger partial charge on any atom is 0.233 e. The summed E-state index contributed by atoms with van der Waals surface area (Å²) in [5.41, 5.74) is 0.810. The van der Waals surface area contributed by atoms with Crippen molar-refractivity contribution in [3.8, 4) is 0 Å². The normalized spacial score (nSPS) is 15.9. The maximum absolute atomic E-state index is 12.3. The van der Waals surface area contributed by atoms with E-state index in [1.54, 1.807) is 11.3 Å². The van der Waals surface area contributed by atoms with E-state index in [0.717, 1.165) is 30.6 Å². The second kappa shape index (κ2) is 9.97. The van der Waals surface area contributed by atoms with Crippen LogP contribution in [0, 0.1) is 0 Å². The van der Waals surface area contributed by atoms with Gasteiger partial charge in [0.05, 0.1) is 0 Å². The lowest BCUT2D eigenvalue weighted by Gasteiger charge is -2.34. The number of piperazine rings is 1. The smallest absolute Gasteiger partial charge is 0.233 e. The van der Waals surface area contributed by atoms with Gasteiger partial charge in [-0.25, -0.2) is 13.1 Å². The highest BCUT2D eigenvalue weighted by molar-refractivity contribution is 7.92. The van der Waals surface area contributed by atoms with E-state index in [4.69, 9.17) is 0 Å². The molecule has 1 aliphatic rings.